The van der Waals surface area contributed by atoms with Gasteiger partial charge in [-0.2, -0.15) is 0 Å². The smallest absolute Gasteiger partial charge is 0.231 e. The fraction of sp³-hybridized carbons (Fsp3) is 0.875. The largest absolute Gasteiger partial charge is 0.345 e. The van der Waals surface area contributed by atoms with Crippen molar-refractivity contribution in [3.8, 4) is 0 Å². The van der Waals surface area contributed by atoms with Crippen LogP contribution in [-0.4, -0.2) is 49.1 Å². The standard InChI is InChI=1S/C8H15N3O/c1-10-3-2-8(7(10)12)4-11(5-8)6-9/h2-6,9H2,1H3. The number of carbonyl (C=O) groups excluding carboxylic acids is 1. The van der Waals surface area contributed by atoms with Crippen LogP contribution >= 0.6 is 0 Å². The molecule has 4 nitrogen and oxygen atoms in total. The highest BCUT2D eigenvalue weighted by molar-refractivity contribution is 5.86. The zero-order chi connectivity index (χ0) is 8.77. The maximum atomic E-state index is 11.6. The Morgan fingerprint density at radius 3 is 2.67 bits per heavy atom. The third-order valence-electron chi connectivity index (χ3n) is 3.04. The average molecular weight is 169 g/mol. The van der Waals surface area contributed by atoms with Crippen molar-refractivity contribution in [1.82, 2.24) is 9.80 Å². The number of nitrogens with zero attached hydrogens (tertiary/aromatic N) is 2. The minimum atomic E-state index is -0.0475. The summed E-state index contributed by atoms with van der Waals surface area (Å²) < 4.78 is 0. The molecule has 0 aromatic rings. The van der Waals surface area contributed by atoms with E-state index < -0.39 is 0 Å². The van der Waals surface area contributed by atoms with E-state index in [1.165, 1.54) is 0 Å². The van der Waals surface area contributed by atoms with E-state index in [0.717, 1.165) is 26.1 Å². The van der Waals surface area contributed by atoms with Crippen LogP contribution in [-0.2, 0) is 4.79 Å². The van der Waals surface area contributed by atoms with Gasteiger partial charge in [0.05, 0.1) is 5.41 Å². The van der Waals surface area contributed by atoms with Gasteiger partial charge in [-0.05, 0) is 6.42 Å². The Morgan fingerprint density at radius 2 is 2.25 bits per heavy atom. The summed E-state index contributed by atoms with van der Waals surface area (Å²) in [5.41, 5.74) is 5.42. The molecule has 0 aromatic heterocycles. The van der Waals surface area contributed by atoms with Gasteiger partial charge in [0, 0.05) is 33.4 Å². The highest BCUT2D eigenvalue weighted by Crippen LogP contribution is 2.39. The van der Waals surface area contributed by atoms with Gasteiger partial charge in [0.2, 0.25) is 5.91 Å². The van der Waals surface area contributed by atoms with Crippen LogP contribution in [0.3, 0.4) is 0 Å². The van der Waals surface area contributed by atoms with E-state index in [0.29, 0.717) is 12.6 Å². The fourth-order valence-electron chi connectivity index (χ4n) is 2.23. The monoisotopic (exact) mass is 169 g/mol. The molecule has 4 heteroatoms. The number of likely N-dealkylation sites (tertiary alicyclic amines) is 2. The van der Waals surface area contributed by atoms with Gasteiger partial charge in [-0.15, -0.1) is 0 Å². The molecule has 0 aliphatic carbocycles. The third-order valence-corrected chi connectivity index (χ3v) is 3.04. The molecule has 0 radical (unpaired) electrons. The first-order valence-corrected chi connectivity index (χ1v) is 4.36. The van der Waals surface area contributed by atoms with Crippen LogP contribution in [0.25, 0.3) is 0 Å². The van der Waals surface area contributed by atoms with Crippen molar-refractivity contribution in [2.24, 2.45) is 11.1 Å². The third kappa shape index (κ3) is 0.881. The van der Waals surface area contributed by atoms with Crippen LogP contribution in [0.5, 0.6) is 0 Å². The first kappa shape index (κ1) is 8.01. The quantitative estimate of drug-likeness (QED) is 0.551. The number of nitrogens with two attached hydrogens (primary N) is 1. The van der Waals surface area contributed by atoms with Crippen molar-refractivity contribution < 1.29 is 4.79 Å². The Bertz CT molecular complexity index is 210. The van der Waals surface area contributed by atoms with Gasteiger partial charge < -0.3 is 10.6 Å². The van der Waals surface area contributed by atoms with Gasteiger partial charge in [-0.1, -0.05) is 0 Å². The highest BCUT2D eigenvalue weighted by Gasteiger charge is 2.53. The molecule has 2 aliphatic rings. The van der Waals surface area contributed by atoms with E-state index in [9.17, 15) is 4.79 Å². The summed E-state index contributed by atoms with van der Waals surface area (Å²) in [6.07, 6.45) is 1.01. The van der Waals surface area contributed by atoms with Crippen LogP contribution in [0.1, 0.15) is 6.42 Å². The molecule has 2 N–H and O–H groups in total. The molecule has 1 spiro atoms. The summed E-state index contributed by atoms with van der Waals surface area (Å²) in [6, 6.07) is 0. The van der Waals surface area contributed by atoms with Crippen LogP contribution in [0.2, 0.25) is 0 Å². The number of hydrogen-bond donors (Lipinski definition) is 1. The number of carbonyl (C=O) groups is 1. The van der Waals surface area contributed by atoms with Gasteiger partial charge in [0.15, 0.2) is 0 Å². The second-order valence-electron chi connectivity index (χ2n) is 3.93. The Morgan fingerprint density at radius 1 is 1.58 bits per heavy atom. The SMILES string of the molecule is CN1CCC2(CN(CN)C2)C1=O. The lowest BCUT2D eigenvalue weighted by Gasteiger charge is -2.45. The molecule has 68 valence electrons. The van der Waals surface area contributed by atoms with Gasteiger partial charge in [0.1, 0.15) is 0 Å². The Balaban J connectivity index is 2.02. The molecule has 2 heterocycles. The van der Waals surface area contributed by atoms with Crippen LogP contribution in [0, 0.1) is 5.41 Å². The molecule has 0 atom stereocenters. The average Bonchev–Trinajstić information content (AvgIpc) is 2.27. The lowest BCUT2D eigenvalue weighted by atomic mass is 9.78. The zero-order valence-electron chi connectivity index (χ0n) is 7.42. The molecular weight excluding hydrogens is 154 g/mol. The molecular formula is C8H15N3O. The van der Waals surface area contributed by atoms with E-state index in [2.05, 4.69) is 4.90 Å². The molecule has 2 rings (SSSR count). The van der Waals surface area contributed by atoms with Gasteiger partial charge in [-0.25, -0.2) is 0 Å². The first-order chi connectivity index (χ1) is 5.68. The minimum absolute atomic E-state index is 0.0475. The summed E-state index contributed by atoms with van der Waals surface area (Å²) in [7, 11) is 1.88. The summed E-state index contributed by atoms with van der Waals surface area (Å²) >= 11 is 0. The van der Waals surface area contributed by atoms with Crippen LogP contribution < -0.4 is 5.73 Å². The lowest BCUT2D eigenvalue weighted by Crippen LogP contribution is -2.60. The van der Waals surface area contributed by atoms with E-state index in [4.69, 9.17) is 5.73 Å². The zero-order valence-corrected chi connectivity index (χ0v) is 7.42. The van der Waals surface area contributed by atoms with Crippen molar-refractivity contribution in [2.75, 3.05) is 33.4 Å². The molecule has 2 aliphatic heterocycles. The fourth-order valence-corrected chi connectivity index (χ4v) is 2.23. The van der Waals surface area contributed by atoms with Gasteiger partial charge >= 0.3 is 0 Å². The normalized spacial score (nSPS) is 28.2. The van der Waals surface area contributed by atoms with E-state index >= 15 is 0 Å². The Kier molecular flexibility index (Phi) is 1.63. The lowest BCUT2D eigenvalue weighted by molar-refractivity contribution is -0.143. The number of amides is 1. The number of rotatable bonds is 1. The van der Waals surface area contributed by atoms with Crippen molar-refractivity contribution >= 4 is 5.91 Å². The maximum absolute atomic E-state index is 11.6. The molecule has 2 saturated heterocycles. The van der Waals surface area contributed by atoms with Crippen LogP contribution in [0.4, 0.5) is 0 Å². The molecule has 12 heavy (non-hydrogen) atoms. The second-order valence-corrected chi connectivity index (χ2v) is 3.93. The second kappa shape index (κ2) is 2.44. The predicted octanol–water partition coefficient (Wildman–Crippen LogP) is -0.933. The molecule has 2 fully saturated rings. The Labute approximate surface area is 72.3 Å². The molecule has 0 saturated carbocycles. The van der Waals surface area contributed by atoms with Crippen molar-refractivity contribution in [2.45, 2.75) is 6.42 Å². The summed E-state index contributed by atoms with van der Waals surface area (Å²) in [6.45, 7) is 3.23. The molecule has 0 unspecified atom stereocenters. The van der Waals surface area contributed by atoms with E-state index in [1.807, 2.05) is 11.9 Å². The predicted molar refractivity (Wildman–Crippen MR) is 45.3 cm³/mol. The van der Waals surface area contributed by atoms with E-state index in [-0.39, 0.29) is 5.41 Å². The maximum Gasteiger partial charge on any atom is 0.231 e. The van der Waals surface area contributed by atoms with Crippen molar-refractivity contribution in [1.29, 1.82) is 0 Å². The van der Waals surface area contributed by atoms with Crippen LogP contribution in [0.15, 0.2) is 0 Å². The minimum Gasteiger partial charge on any atom is -0.345 e. The molecule has 1 amide bonds. The first-order valence-electron chi connectivity index (χ1n) is 4.36. The van der Waals surface area contributed by atoms with Gasteiger partial charge in [-0.3, -0.25) is 9.69 Å². The molecule has 0 bridgehead atoms. The topological polar surface area (TPSA) is 49.6 Å². The number of hydrogen-bond acceptors (Lipinski definition) is 3. The highest BCUT2D eigenvalue weighted by atomic mass is 16.2. The summed E-state index contributed by atoms with van der Waals surface area (Å²) in [5.74, 6) is 0.312. The van der Waals surface area contributed by atoms with E-state index in [1.54, 1.807) is 0 Å². The van der Waals surface area contributed by atoms with Gasteiger partial charge in [0.25, 0.3) is 0 Å². The van der Waals surface area contributed by atoms with Crippen molar-refractivity contribution in [3.63, 3.8) is 0 Å². The van der Waals surface area contributed by atoms with Crippen molar-refractivity contribution in [3.05, 3.63) is 0 Å². The summed E-state index contributed by atoms with van der Waals surface area (Å²) in [5, 5.41) is 0. The Hall–Kier alpha value is -0.610. The summed E-state index contributed by atoms with van der Waals surface area (Å²) in [4.78, 5) is 15.6. The molecule has 0 aromatic carbocycles.